The number of hydrogen-bond donors (Lipinski definition) is 2. The van der Waals surface area contributed by atoms with Crippen molar-refractivity contribution < 1.29 is 4.79 Å². The number of nitrogens with zero attached hydrogens (tertiary/aromatic N) is 1. The molecule has 122 valence electrons. The molecule has 21 heavy (non-hydrogen) atoms. The van der Waals surface area contributed by atoms with E-state index in [1.54, 1.807) is 0 Å². The van der Waals surface area contributed by atoms with Gasteiger partial charge in [-0.2, -0.15) is 0 Å². The molecule has 3 N–H and O–H groups in total. The lowest BCUT2D eigenvalue weighted by Crippen LogP contribution is -2.57. The molecule has 2 unspecified atom stereocenters. The quantitative estimate of drug-likeness (QED) is 0.722. The van der Waals surface area contributed by atoms with Crippen LogP contribution in [0.1, 0.15) is 65.7 Å². The highest BCUT2D eigenvalue weighted by Crippen LogP contribution is 2.28. The zero-order chi connectivity index (χ0) is 15.5. The van der Waals surface area contributed by atoms with Gasteiger partial charge in [0.05, 0.1) is 5.54 Å². The fraction of sp³-hybridized carbons (Fsp3) is 0.941. The van der Waals surface area contributed by atoms with Gasteiger partial charge in [0.1, 0.15) is 0 Å². The number of carbonyl (C=O) groups excluding carboxylic acids is 1. The summed E-state index contributed by atoms with van der Waals surface area (Å²) in [5, 5.41) is 3.46. The molecule has 0 spiro atoms. The molecule has 1 saturated carbocycles. The molecule has 2 rings (SSSR count). The second kappa shape index (κ2) is 7.10. The van der Waals surface area contributed by atoms with Crippen molar-refractivity contribution in [2.45, 2.75) is 83.3 Å². The number of nitrogens with two attached hydrogens (primary N) is 1. The molecule has 1 heterocycles. The van der Waals surface area contributed by atoms with Crippen LogP contribution in [0, 0.1) is 5.92 Å². The monoisotopic (exact) mass is 295 g/mol. The molecule has 1 aliphatic heterocycles. The van der Waals surface area contributed by atoms with E-state index in [1.807, 2.05) is 6.92 Å². The number of rotatable bonds is 8. The zero-order valence-electron chi connectivity index (χ0n) is 14.0. The Bertz CT molecular complexity index is 348. The van der Waals surface area contributed by atoms with Crippen LogP contribution in [0.15, 0.2) is 0 Å². The van der Waals surface area contributed by atoms with Crippen molar-refractivity contribution in [3.63, 3.8) is 0 Å². The maximum absolute atomic E-state index is 11.9. The van der Waals surface area contributed by atoms with Crippen molar-refractivity contribution in [2.75, 3.05) is 13.1 Å². The highest BCUT2D eigenvalue weighted by atomic mass is 16.1. The molecule has 1 amide bonds. The third-order valence-corrected chi connectivity index (χ3v) is 5.32. The van der Waals surface area contributed by atoms with Gasteiger partial charge in [-0.25, -0.2) is 0 Å². The molecular formula is C17H33N3O. The number of hydrogen-bond acceptors (Lipinski definition) is 3. The Hall–Kier alpha value is -0.610. The van der Waals surface area contributed by atoms with E-state index in [0.717, 1.165) is 12.3 Å². The summed E-state index contributed by atoms with van der Waals surface area (Å²) in [5.74, 6) is 0.702. The number of nitrogens with one attached hydrogen (secondary N) is 1. The number of amides is 1. The van der Waals surface area contributed by atoms with Gasteiger partial charge in [0.2, 0.25) is 5.91 Å². The Labute approximate surface area is 129 Å². The van der Waals surface area contributed by atoms with Crippen molar-refractivity contribution in [3.05, 3.63) is 0 Å². The second-order valence-electron chi connectivity index (χ2n) is 7.44. The molecule has 2 aliphatic rings. The van der Waals surface area contributed by atoms with E-state index in [-0.39, 0.29) is 5.91 Å². The molecule has 2 fully saturated rings. The van der Waals surface area contributed by atoms with Gasteiger partial charge in [-0.1, -0.05) is 19.8 Å². The van der Waals surface area contributed by atoms with Crippen LogP contribution in [0.5, 0.6) is 0 Å². The van der Waals surface area contributed by atoms with Gasteiger partial charge >= 0.3 is 0 Å². The van der Waals surface area contributed by atoms with Crippen LogP contribution in [0.4, 0.5) is 0 Å². The molecule has 0 aromatic heterocycles. The molecule has 0 radical (unpaired) electrons. The van der Waals surface area contributed by atoms with E-state index in [4.69, 9.17) is 5.73 Å². The van der Waals surface area contributed by atoms with Crippen LogP contribution in [-0.2, 0) is 4.79 Å². The fourth-order valence-electron chi connectivity index (χ4n) is 3.72. The third-order valence-electron chi connectivity index (χ3n) is 5.32. The van der Waals surface area contributed by atoms with Crippen LogP contribution in [0.25, 0.3) is 0 Å². The first-order valence-corrected chi connectivity index (χ1v) is 8.76. The molecule has 4 nitrogen and oxygen atoms in total. The van der Waals surface area contributed by atoms with Crippen LogP contribution < -0.4 is 11.1 Å². The number of likely N-dealkylation sites (tertiary alicyclic amines) is 1. The summed E-state index contributed by atoms with van der Waals surface area (Å²) in [6, 6.07) is 0.918. The van der Waals surface area contributed by atoms with Crippen LogP contribution in [0.2, 0.25) is 0 Å². The average Bonchev–Trinajstić information content (AvgIpc) is 3.23. The van der Waals surface area contributed by atoms with Gasteiger partial charge in [0.15, 0.2) is 0 Å². The molecule has 0 aromatic rings. The summed E-state index contributed by atoms with van der Waals surface area (Å²) >= 11 is 0. The topological polar surface area (TPSA) is 58.4 Å². The summed E-state index contributed by atoms with van der Waals surface area (Å²) in [6.07, 6.45) is 8.45. The third kappa shape index (κ3) is 4.68. The van der Waals surface area contributed by atoms with Gasteiger partial charge in [0.25, 0.3) is 0 Å². The van der Waals surface area contributed by atoms with Gasteiger partial charge in [-0.3, -0.25) is 4.79 Å². The fourth-order valence-corrected chi connectivity index (χ4v) is 3.72. The van der Waals surface area contributed by atoms with Gasteiger partial charge in [0, 0.05) is 12.1 Å². The van der Waals surface area contributed by atoms with E-state index in [9.17, 15) is 4.79 Å². The van der Waals surface area contributed by atoms with Crippen molar-refractivity contribution in [2.24, 2.45) is 11.7 Å². The largest absolute Gasteiger partial charge is 0.368 e. The molecule has 4 heteroatoms. The minimum atomic E-state index is -0.555. The highest BCUT2D eigenvalue weighted by Gasteiger charge is 2.39. The van der Waals surface area contributed by atoms with Crippen LogP contribution in [-0.4, -0.2) is 41.5 Å². The molecule has 1 aliphatic carbocycles. The predicted octanol–water partition coefficient (Wildman–Crippen LogP) is 2.27. The molecule has 0 bridgehead atoms. The van der Waals surface area contributed by atoms with Crippen molar-refractivity contribution >= 4 is 5.91 Å². The summed E-state index contributed by atoms with van der Waals surface area (Å²) in [5.41, 5.74) is 5.11. The first kappa shape index (κ1) is 16.8. The summed E-state index contributed by atoms with van der Waals surface area (Å²) < 4.78 is 0. The lowest BCUT2D eigenvalue weighted by molar-refractivity contribution is -0.124. The normalized spacial score (nSPS) is 25.5. The van der Waals surface area contributed by atoms with Gasteiger partial charge in [-0.15, -0.1) is 0 Å². The SMILES string of the molecule is CCCC1CCN(C(C)CC(C)(NC2CC2)C(N)=O)CC1. The Balaban J connectivity index is 1.84. The Morgan fingerprint density at radius 3 is 2.43 bits per heavy atom. The molecule has 0 aromatic carbocycles. The molecule has 2 atom stereocenters. The smallest absolute Gasteiger partial charge is 0.237 e. The predicted molar refractivity (Wildman–Crippen MR) is 87.0 cm³/mol. The molecular weight excluding hydrogens is 262 g/mol. The maximum Gasteiger partial charge on any atom is 0.237 e. The number of carbonyl (C=O) groups is 1. The summed E-state index contributed by atoms with van der Waals surface area (Å²) in [6.45, 7) is 8.84. The van der Waals surface area contributed by atoms with Gasteiger partial charge < -0.3 is 16.0 Å². The van der Waals surface area contributed by atoms with Crippen LogP contribution >= 0.6 is 0 Å². The standard InChI is InChI=1S/C17H33N3O/c1-4-5-14-8-10-20(11-9-14)13(2)12-17(3,16(18)21)19-15-6-7-15/h13-15,19H,4-12H2,1-3H3,(H2,18,21). The number of piperidine rings is 1. The van der Waals surface area contributed by atoms with E-state index >= 15 is 0 Å². The Morgan fingerprint density at radius 2 is 1.95 bits per heavy atom. The maximum atomic E-state index is 11.9. The Kier molecular flexibility index (Phi) is 5.67. The van der Waals surface area contributed by atoms with Crippen molar-refractivity contribution in [1.82, 2.24) is 10.2 Å². The minimum absolute atomic E-state index is 0.206. The van der Waals surface area contributed by atoms with Crippen LogP contribution in [0.3, 0.4) is 0 Å². The number of primary amides is 1. The minimum Gasteiger partial charge on any atom is -0.368 e. The summed E-state index contributed by atoms with van der Waals surface area (Å²) in [4.78, 5) is 14.4. The van der Waals surface area contributed by atoms with Crippen molar-refractivity contribution in [1.29, 1.82) is 0 Å². The van der Waals surface area contributed by atoms with E-state index in [0.29, 0.717) is 12.1 Å². The molecule has 1 saturated heterocycles. The second-order valence-corrected chi connectivity index (χ2v) is 7.44. The lowest BCUT2D eigenvalue weighted by Gasteiger charge is -2.39. The first-order chi connectivity index (χ1) is 9.94. The van der Waals surface area contributed by atoms with E-state index in [2.05, 4.69) is 24.1 Å². The van der Waals surface area contributed by atoms with Crippen molar-refractivity contribution in [3.8, 4) is 0 Å². The highest BCUT2D eigenvalue weighted by molar-refractivity contribution is 5.84. The average molecular weight is 295 g/mol. The lowest BCUT2D eigenvalue weighted by atomic mass is 9.88. The Morgan fingerprint density at radius 1 is 1.33 bits per heavy atom. The van der Waals surface area contributed by atoms with E-state index in [1.165, 1.54) is 51.6 Å². The first-order valence-electron chi connectivity index (χ1n) is 8.76. The van der Waals surface area contributed by atoms with E-state index < -0.39 is 5.54 Å². The summed E-state index contributed by atoms with van der Waals surface area (Å²) in [7, 11) is 0. The zero-order valence-corrected chi connectivity index (χ0v) is 14.0. The van der Waals surface area contributed by atoms with Gasteiger partial charge in [-0.05, 0) is 65.0 Å².